The van der Waals surface area contributed by atoms with Crippen LogP contribution in [0.4, 0.5) is 0 Å². The fourth-order valence-electron chi connectivity index (χ4n) is 1.79. The van der Waals surface area contributed by atoms with E-state index >= 15 is 0 Å². The van der Waals surface area contributed by atoms with Crippen molar-refractivity contribution in [1.82, 2.24) is 0 Å². The lowest BCUT2D eigenvalue weighted by atomic mass is 10.0. The topological polar surface area (TPSA) is 0 Å². The molecule has 0 aliphatic heterocycles. The van der Waals surface area contributed by atoms with E-state index in [1.807, 2.05) is 6.92 Å². The molecule has 0 aromatic heterocycles. The fourth-order valence-corrected chi connectivity index (χ4v) is 7.94. The van der Waals surface area contributed by atoms with Crippen LogP contribution in [0.25, 0.3) is 11.1 Å². The van der Waals surface area contributed by atoms with Gasteiger partial charge in [-0.15, -0.1) is 0 Å². The molecule has 0 heterocycles. The van der Waals surface area contributed by atoms with E-state index in [1.165, 1.54) is 0 Å². The zero-order valence-electron chi connectivity index (χ0n) is 10.4. The smallest absolute Gasteiger partial charge is 0.0482 e. The molecule has 2 aromatic carbocycles. The van der Waals surface area contributed by atoms with Crippen molar-refractivity contribution in [2.45, 2.75) is 6.92 Å². The van der Waals surface area contributed by atoms with Gasteiger partial charge < -0.3 is 0 Å². The maximum Gasteiger partial charge on any atom is 0.0482 e. The van der Waals surface area contributed by atoms with Gasteiger partial charge in [-0.1, -0.05) is 0 Å². The standard InChI is InChI=1S/C13H3Br9/c1-2-5(14)7(16)3(8(17)6(2)15)4-9(18)11(20)13(22)12(21)10(4)19/h1H3. The van der Waals surface area contributed by atoms with E-state index in [1.54, 1.807) is 0 Å². The third-order valence-electron chi connectivity index (χ3n) is 2.94. The van der Waals surface area contributed by atoms with Gasteiger partial charge in [0, 0.05) is 51.4 Å². The minimum absolute atomic E-state index is 0.934. The van der Waals surface area contributed by atoms with Crippen LogP contribution in [-0.4, -0.2) is 0 Å². The van der Waals surface area contributed by atoms with Crippen LogP contribution in [-0.2, 0) is 0 Å². The average molecular weight is 878 g/mol. The third-order valence-corrected chi connectivity index (χ3v) is 13.7. The lowest BCUT2D eigenvalue weighted by molar-refractivity contribution is 1.33. The second-order valence-electron chi connectivity index (χ2n) is 4.20. The van der Waals surface area contributed by atoms with Crippen LogP contribution in [0.1, 0.15) is 5.56 Å². The van der Waals surface area contributed by atoms with Crippen molar-refractivity contribution in [2.24, 2.45) is 0 Å². The van der Waals surface area contributed by atoms with Crippen LogP contribution < -0.4 is 0 Å². The summed E-state index contributed by atoms with van der Waals surface area (Å²) in [5.74, 6) is 0. The average Bonchev–Trinajstić information content (AvgIpc) is 2.50. The van der Waals surface area contributed by atoms with Gasteiger partial charge >= 0.3 is 0 Å². The molecule has 0 spiro atoms. The number of halogens is 9. The van der Waals surface area contributed by atoms with Gasteiger partial charge in [-0.25, -0.2) is 0 Å². The van der Waals surface area contributed by atoms with Gasteiger partial charge in [0.2, 0.25) is 0 Å². The zero-order chi connectivity index (χ0) is 16.9. The summed E-state index contributed by atoms with van der Waals surface area (Å²) in [5, 5.41) is 0. The molecule has 2 rings (SSSR count). The minimum atomic E-state index is 0.934. The molecule has 0 atom stereocenters. The van der Waals surface area contributed by atoms with E-state index in [9.17, 15) is 0 Å². The molecule has 0 saturated carbocycles. The van der Waals surface area contributed by atoms with Crippen LogP contribution in [0, 0.1) is 6.92 Å². The van der Waals surface area contributed by atoms with Crippen LogP contribution in [0.5, 0.6) is 0 Å². The van der Waals surface area contributed by atoms with Gasteiger partial charge in [0.15, 0.2) is 0 Å². The SMILES string of the molecule is Cc1c(Br)c(Br)c(-c2c(Br)c(Br)c(Br)c(Br)c2Br)c(Br)c1Br. The summed E-state index contributed by atoms with van der Waals surface area (Å²) in [6.07, 6.45) is 0. The van der Waals surface area contributed by atoms with Crippen molar-refractivity contribution in [3.8, 4) is 11.1 Å². The predicted octanol–water partition coefficient (Wildman–Crippen LogP) is 10.5. The molecule has 2 aromatic rings. The molecule has 0 aliphatic carbocycles. The first-order chi connectivity index (χ1) is 10.1. The molecule has 118 valence electrons. The molecule has 0 amide bonds. The summed E-state index contributed by atoms with van der Waals surface area (Å²) >= 11 is 32.9. The highest BCUT2D eigenvalue weighted by atomic mass is 79.9. The first kappa shape index (κ1) is 21.1. The molecule has 0 bridgehead atoms. The van der Waals surface area contributed by atoms with Crippen LogP contribution in [0.2, 0.25) is 0 Å². The Kier molecular flexibility index (Phi) is 7.84. The Labute approximate surface area is 204 Å². The number of rotatable bonds is 1. The van der Waals surface area contributed by atoms with E-state index in [0.717, 1.165) is 56.9 Å². The van der Waals surface area contributed by atoms with E-state index in [4.69, 9.17) is 0 Å². The molecule has 0 radical (unpaired) electrons. The Balaban J connectivity index is 3.03. The van der Waals surface area contributed by atoms with Crippen LogP contribution in [0.3, 0.4) is 0 Å². The van der Waals surface area contributed by atoms with Gasteiger partial charge in [-0.3, -0.25) is 0 Å². The Morgan fingerprint density at radius 2 is 0.591 bits per heavy atom. The highest BCUT2D eigenvalue weighted by Gasteiger charge is 2.25. The molecule has 0 N–H and O–H groups in total. The van der Waals surface area contributed by atoms with Gasteiger partial charge in [-0.05, 0) is 156 Å². The molecule has 0 unspecified atom stereocenters. The fraction of sp³-hybridized carbons (Fsp3) is 0.0769. The predicted molar refractivity (Wildman–Crippen MR) is 126 cm³/mol. The van der Waals surface area contributed by atoms with E-state index in [2.05, 4.69) is 143 Å². The van der Waals surface area contributed by atoms with Gasteiger partial charge in [-0.2, -0.15) is 0 Å². The van der Waals surface area contributed by atoms with E-state index in [0.29, 0.717) is 0 Å². The number of hydrogen-bond donors (Lipinski definition) is 0. The summed E-state index contributed by atoms with van der Waals surface area (Å²) < 4.78 is 8.65. The van der Waals surface area contributed by atoms with E-state index in [-0.39, 0.29) is 0 Å². The zero-order valence-corrected chi connectivity index (χ0v) is 24.7. The van der Waals surface area contributed by atoms with Crippen molar-refractivity contribution >= 4 is 143 Å². The summed E-state index contributed by atoms with van der Waals surface area (Å²) in [6.45, 7) is 2.05. The maximum absolute atomic E-state index is 3.71. The molecule has 0 aliphatic rings. The molecule has 0 saturated heterocycles. The second kappa shape index (κ2) is 8.19. The van der Waals surface area contributed by atoms with E-state index < -0.39 is 0 Å². The normalized spacial score (nSPS) is 11.2. The largest absolute Gasteiger partial charge is 0.0492 e. The first-order valence-corrected chi connectivity index (χ1v) is 12.6. The number of hydrogen-bond acceptors (Lipinski definition) is 0. The molecular weight excluding hydrogens is 875 g/mol. The van der Waals surface area contributed by atoms with Crippen molar-refractivity contribution in [3.05, 3.63) is 45.8 Å². The molecule has 9 heteroatoms. The van der Waals surface area contributed by atoms with Crippen molar-refractivity contribution in [3.63, 3.8) is 0 Å². The summed E-state index contributed by atoms with van der Waals surface area (Å²) in [5.41, 5.74) is 3.16. The minimum Gasteiger partial charge on any atom is -0.0492 e. The summed E-state index contributed by atoms with van der Waals surface area (Å²) in [4.78, 5) is 0. The summed E-state index contributed by atoms with van der Waals surface area (Å²) in [6, 6.07) is 0. The molecule has 0 fully saturated rings. The van der Waals surface area contributed by atoms with Crippen LogP contribution in [0.15, 0.2) is 40.3 Å². The van der Waals surface area contributed by atoms with Crippen molar-refractivity contribution < 1.29 is 0 Å². The lowest BCUT2D eigenvalue weighted by Crippen LogP contribution is -1.94. The van der Waals surface area contributed by atoms with Crippen LogP contribution >= 0.6 is 143 Å². The Morgan fingerprint density at radius 1 is 0.364 bits per heavy atom. The highest BCUT2D eigenvalue weighted by Crippen LogP contribution is 2.54. The van der Waals surface area contributed by atoms with Gasteiger partial charge in [0.05, 0.1) is 0 Å². The van der Waals surface area contributed by atoms with Gasteiger partial charge in [0.25, 0.3) is 0 Å². The lowest BCUT2D eigenvalue weighted by Gasteiger charge is -2.19. The Hall–Kier alpha value is 2.76. The molecule has 22 heavy (non-hydrogen) atoms. The quantitative estimate of drug-likeness (QED) is 0.198. The Morgan fingerprint density at radius 3 is 0.909 bits per heavy atom. The third kappa shape index (κ3) is 3.59. The first-order valence-electron chi connectivity index (χ1n) is 5.45. The second-order valence-corrected chi connectivity index (χ2v) is 11.3. The highest BCUT2D eigenvalue weighted by molar-refractivity contribution is 9.16. The van der Waals surface area contributed by atoms with Crippen molar-refractivity contribution in [1.29, 1.82) is 0 Å². The van der Waals surface area contributed by atoms with Gasteiger partial charge in [0.1, 0.15) is 0 Å². The number of benzene rings is 2. The Bertz CT molecular complexity index is 670. The molecular formula is C13H3Br9. The summed E-state index contributed by atoms with van der Waals surface area (Å²) in [7, 11) is 0. The molecule has 0 nitrogen and oxygen atoms in total. The maximum atomic E-state index is 3.71. The van der Waals surface area contributed by atoms with Crippen molar-refractivity contribution in [2.75, 3.05) is 0 Å². The monoisotopic (exact) mass is 869 g/mol.